The lowest BCUT2D eigenvalue weighted by molar-refractivity contribution is 0.294. The fourth-order valence-electron chi connectivity index (χ4n) is 1.76. The number of nitrogen functional groups attached to an aromatic ring is 1. The maximum Gasteiger partial charge on any atom is 0.134 e. The van der Waals surface area contributed by atoms with E-state index in [4.69, 9.17) is 19.9 Å². The van der Waals surface area contributed by atoms with Crippen LogP contribution in [0.25, 0.3) is 0 Å². The Kier molecular flexibility index (Phi) is 4.74. The van der Waals surface area contributed by atoms with E-state index in [0.29, 0.717) is 12.3 Å². The summed E-state index contributed by atoms with van der Waals surface area (Å²) in [5.41, 5.74) is 7.32. The Labute approximate surface area is 126 Å². The van der Waals surface area contributed by atoms with E-state index in [1.54, 1.807) is 20.3 Å². The molecule has 20 heavy (non-hydrogen) atoms. The minimum absolute atomic E-state index is 0.397. The number of methoxy groups -OCH3 is 2. The summed E-state index contributed by atoms with van der Waals surface area (Å²) in [6.45, 7) is 0.397. The maximum absolute atomic E-state index is 5.78. The Morgan fingerprint density at radius 3 is 2.45 bits per heavy atom. The van der Waals surface area contributed by atoms with Crippen LogP contribution in [0, 0.1) is 0 Å². The number of hydrogen-bond donors (Lipinski definition) is 1. The van der Waals surface area contributed by atoms with Crippen LogP contribution in [0.3, 0.4) is 0 Å². The van der Waals surface area contributed by atoms with E-state index in [1.807, 2.05) is 30.3 Å². The van der Waals surface area contributed by atoms with Crippen LogP contribution >= 0.6 is 15.9 Å². The van der Waals surface area contributed by atoms with Crippen molar-refractivity contribution in [3.05, 3.63) is 46.4 Å². The molecule has 0 aliphatic carbocycles. The quantitative estimate of drug-likeness (QED) is 0.846. The molecule has 0 amide bonds. The van der Waals surface area contributed by atoms with Gasteiger partial charge in [0, 0.05) is 17.3 Å². The van der Waals surface area contributed by atoms with Crippen LogP contribution < -0.4 is 19.9 Å². The van der Waals surface area contributed by atoms with Crippen LogP contribution in [0.15, 0.2) is 40.9 Å². The van der Waals surface area contributed by atoms with Gasteiger partial charge in [-0.1, -0.05) is 0 Å². The van der Waals surface area contributed by atoms with Gasteiger partial charge in [0.2, 0.25) is 0 Å². The van der Waals surface area contributed by atoms with Gasteiger partial charge >= 0.3 is 0 Å². The van der Waals surface area contributed by atoms with E-state index in [1.165, 1.54) is 0 Å². The summed E-state index contributed by atoms with van der Waals surface area (Å²) in [4.78, 5) is 0. The Morgan fingerprint density at radius 2 is 1.80 bits per heavy atom. The van der Waals surface area contributed by atoms with Gasteiger partial charge in [0.15, 0.2) is 0 Å². The average Bonchev–Trinajstić information content (AvgIpc) is 2.46. The summed E-state index contributed by atoms with van der Waals surface area (Å²) in [7, 11) is 3.24. The second kappa shape index (κ2) is 6.52. The van der Waals surface area contributed by atoms with Gasteiger partial charge in [0.05, 0.1) is 18.7 Å². The summed E-state index contributed by atoms with van der Waals surface area (Å²) < 4.78 is 17.1. The normalized spacial score (nSPS) is 10.2. The Hall–Kier alpha value is -1.88. The molecule has 106 valence electrons. The largest absolute Gasteiger partial charge is 0.497 e. The Bertz CT molecular complexity index is 602. The van der Waals surface area contributed by atoms with Crippen LogP contribution in [0.2, 0.25) is 0 Å². The highest BCUT2D eigenvalue weighted by molar-refractivity contribution is 9.10. The lowest BCUT2D eigenvalue weighted by Crippen LogP contribution is -2.00. The second-order valence-corrected chi connectivity index (χ2v) is 5.01. The topological polar surface area (TPSA) is 53.7 Å². The monoisotopic (exact) mass is 337 g/mol. The van der Waals surface area contributed by atoms with Gasteiger partial charge in [-0.2, -0.15) is 0 Å². The standard InChI is InChI=1S/C15H16BrNO3/c1-18-12-5-6-14(13(16)8-12)20-9-10-3-4-11(17)7-15(10)19-2/h3-8H,9,17H2,1-2H3. The molecule has 0 aromatic heterocycles. The minimum atomic E-state index is 0.397. The Morgan fingerprint density at radius 1 is 1.00 bits per heavy atom. The maximum atomic E-state index is 5.78. The van der Waals surface area contributed by atoms with Gasteiger partial charge in [-0.25, -0.2) is 0 Å². The molecular weight excluding hydrogens is 322 g/mol. The minimum Gasteiger partial charge on any atom is -0.497 e. The van der Waals surface area contributed by atoms with Gasteiger partial charge in [0.25, 0.3) is 0 Å². The zero-order valence-corrected chi connectivity index (χ0v) is 12.9. The SMILES string of the molecule is COc1ccc(OCc2ccc(N)cc2OC)c(Br)c1. The van der Waals surface area contributed by atoms with Crippen LogP contribution in [0.1, 0.15) is 5.56 Å². The molecule has 0 saturated carbocycles. The van der Waals surface area contributed by atoms with E-state index in [9.17, 15) is 0 Å². The predicted octanol–water partition coefficient (Wildman–Crippen LogP) is 3.63. The van der Waals surface area contributed by atoms with Gasteiger partial charge in [-0.15, -0.1) is 0 Å². The van der Waals surface area contributed by atoms with Gasteiger partial charge in [0.1, 0.15) is 23.9 Å². The zero-order valence-electron chi connectivity index (χ0n) is 11.4. The molecule has 2 aromatic rings. The molecule has 0 fully saturated rings. The molecule has 2 rings (SSSR count). The van der Waals surface area contributed by atoms with E-state index < -0.39 is 0 Å². The van der Waals surface area contributed by atoms with Crippen molar-refractivity contribution in [1.82, 2.24) is 0 Å². The number of benzene rings is 2. The number of ether oxygens (including phenoxy) is 3. The van der Waals surface area contributed by atoms with Gasteiger partial charge in [-0.3, -0.25) is 0 Å². The molecule has 0 heterocycles. The van der Waals surface area contributed by atoms with Crippen molar-refractivity contribution in [1.29, 1.82) is 0 Å². The smallest absolute Gasteiger partial charge is 0.134 e. The van der Waals surface area contributed by atoms with E-state index >= 15 is 0 Å². The molecule has 0 bridgehead atoms. The number of nitrogens with two attached hydrogens (primary N) is 1. The average molecular weight is 338 g/mol. The van der Waals surface area contributed by atoms with Crippen molar-refractivity contribution in [2.24, 2.45) is 0 Å². The molecule has 2 aromatic carbocycles. The van der Waals surface area contributed by atoms with E-state index in [-0.39, 0.29) is 0 Å². The Balaban J connectivity index is 2.12. The van der Waals surface area contributed by atoms with Crippen LogP contribution in [-0.4, -0.2) is 14.2 Å². The molecule has 0 unspecified atom stereocenters. The summed E-state index contributed by atoms with van der Waals surface area (Å²) >= 11 is 3.45. The van der Waals surface area contributed by atoms with Crippen molar-refractivity contribution in [2.75, 3.05) is 20.0 Å². The third kappa shape index (κ3) is 3.36. The second-order valence-electron chi connectivity index (χ2n) is 4.16. The molecule has 0 saturated heterocycles. The highest BCUT2D eigenvalue weighted by Crippen LogP contribution is 2.30. The molecule has 4 nitrogen and oxygen atoms in total. The lowest BCUT2D eigenvalue weighted by Gasteiger charge is -2.12. The van der Waals surface area contributed by atoms with E-state index in [0.717, 1.165) is 27.3 Å². The van der Waals surface area contributed by atoms with E-state index in [2.05, 4.69) is 15.9 Å². The predicted molar refractivity (Wildman–Crippen MR) is 82.4 cm³/mol. The van der Waals surface area contributed by atoms with Crippen LogP contribution in [0.5, 0.6) is 17.2 Å². The van der Waals surface area contributed by atoms with Gasteiger partial charge in [-0.05, 0) is 46.3 Å². The lowest BCUT2D eigenvalue weighted by atomic mass is 10.2. The number of halogens is 1. The molecule has 0 atom stereocenters. The first kappa shape index (κ1) is 14.5. The number of anilines is 1. The number of rotatable bonds is 5. The van der Waals surface area contributed by atoms with Crippen molar-refractivity contribution in [3.8, 4) is 17.2 Å². The highest BCUT2D eigenvalue weighted by atomic mass is 79.9. The summed E-state index contributed by atoms with van der Waals surface area (Å²) in [5.74, 6) is 2.23. The molecule has 0 aliphatic rings. The van der Waals surface area contributed by atoms with Crippen molar-refractivity contribution in [2.45, 2.75) is 6.61 Å². The third-order valence-corrected chi connectivity index (χ3v) is 3.45. The number of hydrogen-bond acceptors (Lipinski definition) is 4. The summed E-state index contributed by atoms with van der Waals surface area (Å²) in [6.07, 6.45) is 0. The fourth-order valence-corrected chi connectivity index (χ4v) is 2.23. The fraction of sp³-hybridized carbons (Fsp3) is 0.200. The molecule has 0 aliphatic heterocycles. The molecule has 2 N–H and O–H groups in total. The zero-order chi connectivity index (χ0) is 14.5. The van der Waals surface area contributed by atoms with Gasteiger partial charge < -0.3 is 19.9 Å². The molecule has 0 radical (unpaired) electrons. The highest BCUT2D eigenvalue weighted by Gasteiger charge is 2.07. The van der Waals surface area contributed by atoms with Crippen molar-refractivity contribution < 1.29 is 14.2 Å². The third-order valence-electron chi connectivity index (χ3n) is 2.83. The first-order chi connectivity index (χ1) is 9.63. The first-order valence-electron chi connectivity index (χ1n) is 6.02. The first-order valence-corrected chi connectivity index (χ1v) is 6.82. The summed E-state index contributed by atoms with van der Waals surface area (Å²) in [6, 6.07) is 11.1. The van der Waals surface area contributed by atoms with Crippen molar-refractivity contribution >= 4 is 21.6 Å². The molecular formula is C15H16BrNO3. The molecule has 0 spiro atoms. The van der Waals surface area contributed by atoms with Crippen molar-refractivity contribution in [3.63, 3.8) is 0 Å². The summed E-state index contributed by atoms with van der Waals surface area (Å²) in [5, 5.41) is 0. The van der Waals surface area contributed by atoms with Crippen LogP contribution in [0.4, 0.5) is 5.69 Å². The van der Waals surface area contributed by atoms with Crippen LogP contribution in [-0.2, 0) is 6.61 Å². The molecule has 5 heteroatoms.